The van der Waals surface area contributed by atoms with Crippen LogP contribution in [0.4, 0.5) is 19.2 Å². The lowest BCUT2D eigenvalue weighted by atomic mass is 10.0. The molecular weight excluding hydrogens is 421 g/mol. The quantitative estimate of drug-likeness (QED) is 0.477. The average Bonchev–Trinajstić information content (AvgIpc) is 3.26. The van der Waals surface area contributed by atoms with E-state index >= 15 is 0 Å². The largest absolute Gasteiger partial charge is 0.403 e. The number of nitrogens with zero attached hydrogens (tertiary/aromatic N) is 2. The van der Waals surface area contributed by atoms with E-state index in [0.717, 1.165) is 18.4 Å². The van der Waals surface area contributed by atoms with Crippen molar-refractivity contribution in [1.29, 1.82) is 0 Å². The summed E-state index contributed by atoms with van der Waals surface area (Å²) in [6, 6.07) is 7.21. The van der Waals surface area contributed by atoms with Crippen LogP contribution < -0.4 is 5.32 Å². The highest BCUT2D eigenvalue weighted by Gasteiger charge is 2.23. The Morgan fingerprint density at radius 2 is 1.80 bits per heavy atom. The van der Waals surface area contributed by atoms with Crippen molar-refractivity contribution in [2.24, 2.45) is 0 Å². The summed E-state index contributed by atoms with van der Waals surface area (Å²) in [5.41, 5.74) is 1.09. The SMILES string of the molecule is CS(=O)(=O)CCNc1nnc(-c2c(-c3ccc(F)cc3)[nH]c3c(F)cc(F)cc23)o1. The lowest BCUT2D eigenvalue weighted by Gasteiger charge is -2.02. The maximum absolute atomic E-state index is 14.4. The molecule has 0 aliphatic carbocycles. The van der Waals surface area contributed by atoms with Crippen molar-refractivity contribution >= 4 is 26.8 Å². The number of anilines is 1. The first-order chi connectivity index (χ1) is 14.2. The van der Waals surface area contributed by atoms with Gasteiger partial charge in [0, 0.05) is 24.3 Å². The highest BCUT2D eigenvalue weighted by atomic mass is 32.2. The fraction of sp³-hybridized carbons (Fsp3) is 0.158. The molecule has 4 rings (SSSR count). The number of sulfone groups is 1. The van der Waals surface area contributed by atoms with Crippen molar-refractivity contribution in [2.75, 3.05) is 23.9 Å². The lowest BCUT2D eigenvalue weighted by molar-refractivity contribution is 0.581. The van der Waals surface area contributed by atoms with E-state index in [1.54, 1.807) is 0 Å². The zero-order valence-electron chi connectivity index (χ0n) is 15.5. The van der Waals surface area contributed by atoms with E-state index in [9.17, 15) is 21.6 Å². The van der Waals surface area contributed by atoms with Crippen molar-refractivity contribution in [3.63, 3.8) is 0 Å². The van der Waals surface area contributed by atoms with E-state index in [0.29, 0.717) is 11.3 Å². The number of aromatic amines is 1. The van der Waals surface area contributed by atoms with E-state index in [4.69, 9.17) is 4.42 Å². The molecular formula is C19H15F3N4O3S. The van der Waals surface area contributed by atoms with Gasteiger partial charge in [-0.1, -0.05) is 5.10 Å². The summed E-state index contributed by atoms with van der Waals surface area (Å²) >= 11 is 0. The zero-order valence-corrected chi connectivity index (χ0v) is 16.4. The monoisotopic (exact) mass is 436 g/mol. The lowest BCUT2D eigenvalue weighted by Crippen LogP contribution is -2.14. The van der Waals surface area contributed by atoms with Gasteiger partial charge in [0.15, 0.2) is 0 Å². The van der Waals surface area contributed by atoms with Crippen LogP contribution in [0.15, 0.2) is 40.8 Å². The molecule has 0 radical (unpaired) electrons. The first-order valence-electron chi connectivity index (χ1n) is 8.73. The Kier molecular flexibility index (Phi) is 4.98. The van der Waals surface area contributed by atoms with Crippen LogP contribution in [-0.2, 0) is 9.84 Å². The molecule has 0 saturated carbocycles. The van der Waals surface area contributed by atoms with Crippen molar-refractivity contribution < 1.29 is 26.0 Å². The first-order valence-corrected chi connectivity index (χ1v) is 10.8. The summed E-state index contributed by atoms with van der Waals surface area (Å²) in [4.78, 5) is 2.87. The van der Waals surface area contributed by atoms with Gasteiger partial charge < -0.3 is 14.7 Å². The molecule has 0 aliphatic heterocycles. The Hall–Kier alpha value is -3.34. The number of H-pyrrole nitrogens is 1. The van der Waals surface area contributed by atoms with Gasteiger partial charge in [0.2, 0.25) is 0 Å². The molecule has 2 heterocycles. The predicted molar refractivity (Wildman–Crippen MR) is 105 cm³/mol. The third-order valence-electron chi connectivity index (χ3n) is 4.35. The standard InChI is InChI=1S/C19H15F3N4O3S/c1-30(27,28)7-6-23-19-26-25-18(29-19)15-13-8-12(21)9-14(22)17(13)24-16(15)10-2-4-11(20)5-3-10/h2-5,8-9,24H,6-7H2,1H3,(H,23,26). The van der Waals surface area contributed by atoms with Crippen molar-refractivity contribution in [3.05, 3.63) is 53.8 Å². The molecule has 7 nitrogen and oxygen atoms in total. The summed E-state index contributed by atoms with van der Waals surface area (Å²) in [7, 11) is -3.19. The van der Waals surface area contributed by atoms with Crippen LogP contribution in [0.5, 0.6) is 0 Å². The molecule has 0 amide bonds. The second kappa shape index (κ2) is 7.48. The Labute approximate surface area is 168 Å². The molecule has 0 saturated heterocycles. The number of aromatic nitrogens is 3. The van der Waals surface area contributed by atoms with E-state index < -0.39 is 27.3 Å². The molecule has 0 atom stereocenters. The topological polar surface area (TPSA) is 101 Å². The fourth-order valence-corrected chi connectivity index (χ4v) is 3.49. The second-order valence-electron chi connectivity index (χ2n) is 6.66. The van der Waals surface area contributed by atoms with Crippen LogP contribution in [-0.4, -0.2) is 42.2 Å². The van der Waals surface area contributed by atoms with Gasteiger partial charge in [-0.15, -0.1) is 5.10 Å². The summed E-state index contributed by atoms with van der Waals surface area (Å²) in [5.74, 6) is -2.26. The first kappa shape index (κ1) is 20.0. The highest BCUT2D eigenvalue weighted by molar-refractivity contribution is 7.90. The van der Waals surface area contributed by atoms with Crippen LogP contribution >= 0.6 is 0 Å². The smallest absolute Gasteiger partial charge is 0.315 e. The maximum Gasteiger partial charge on any atom is 0.315 e. The zero-order chi connectivity index (χ0) is 21.5. The fourth-order valence-electron chi connectivity index (χ4n) is 3.01. The molecule has 0 spiro atoms. The molecule has 2 N–H and O–H groups in total. The van der Waals surface area contributed by atoms with Crippen LogP contribution in [0, 0.1) is 17.5 Å². The van der Waals surface area contributed by atoms with Gasteiger partial charge in [-0.3, -0.25) is 0 Å². The van der Waals surface area contributed by atoms with Crippen molar-refractivity contribution in [3.8, 4) is 22.7 Å². The van der Waals surface area contributed by atoms with E-state index in [2.05, 4.69) is 20.5 Å². The Morgan fingerprint density at radius 1 is 1.07 bits per heavy atom. The number of hydrogen-bond acceptors (Lipinski definition) is 6. The van der Waals surface area contributed by atoms with Gasteiger partial charge in [0.1, 0.15) is 27.3 Å². The van der Waals surface area contributed by atoms with Gasteiger partial charge in [-0.2, -0.15) is 0 Å². The van der Waals surface area contributed by atoms with Crippen LogP contribution in [0.3, 0.4) is 0 Å². The number of rotatable bonds is 6. The minimum atomic E-state index is -3.19. The molecule has 0 fully saturated rings. The Balaban J connectivity index is 1.81. The van der Waals surface area contributed by atoms with Gasteiger partial charge in [-0.05, 0) is 35.9 Å². The average molecular weight is 436 g/mol. The van der Waals surface area contributed by atoms with E-state index in [1.807, 2.05) is 0 Å². The third-order valence-corrected chi connectivity index (χ3v) is 5.29. The molecule has 0 unspecified atom stereocenters. The van der Waals surface area contributed by atoms with Crippen molar-refractivity contribution in [1.82, 2.24) is 15.2 Å². The molecule has 4 aromatic rings. The van der Waals surface area contributed by atoms with Crippen LogP contribution in [0.1, 0.15) is 0 Å². The predicted octanol–water partition coefficient (Wildman–Crippen LogP) is 3.76. The third kappa shape index (κ3) is 4.01. The molecule has 156 valence electrons. The second-order valence-corrected chi connectivity index (χ2v) is 8.92. The minimum Gasteiger partial charge on any atom is -0.403 e. The molecule has 30 heavy (non-hydrogen) atoms. The van der Waals surface area contributed by atoms with Crippen LogP contribution in [0.2, 0.25) is 0 Å². The Bertz CT molecular complexity index is 1330. The van der Waals surface area contributed by atoms with E-state index in [1.165, 1.54) is 24.3 Å². The summed E-state index contributed by atoms with van der Waals surface area (Å²) in [5, 5.41) is 10.6. The Morgan fingerprint density at radius 3 is 2.50 bits per heavy atom. The normalized spacial score (nSPS) is 11.9. The molecule has 0 aliphatic rings. The highest BCUT2D eigenvalue weighted by Crippen LogP contribution is 2.39. The van der Waals surface area contributed by atoms with E-state index in [-0.39, 0.29) is 40.7 Å². The molecule has 2 aromatic heterocycles. The van der Waals surface area contributed by atoms with Gasteiger partial charge in [0.05, 0.1) is 22.5 Å². The number of benzene rings is 2. The molecule has 0 bridgehead atoms. The number of hydrogen-bond donors (Lipinski definition) is 2. The number of fused-ring (bicyclic) bond motifs is 1. The summed E-state index contributed by atoms with van der Waals surface area (Å²) in [6.07, 6.45) is 1.10. The molecule has 2 aromatic carbocycles. The number of halogens is 3. The summed E-state index contributed by atoms with van der Waals surface area (Å²) < 4.78 is 69.6. The van der Waals surface area contributed by atoms with Gasteiger partial charge >= 0.3 is 6.01 Å². The molecule has 11 heteroatoms. The minimum absolute atomic E-state index is 0.0236. The van der Waals surface area contributed by atoms with Gasteiger partial charge in [-0.25, -0.2) is 21.6 Å². The van der Waals surface area contributed by atoms with Crippen LogP contribution in [0.25, 0.3) is 33.6 Å². The van der Waals surface area contributed by atoms with Crippen molar-refractivity contribution in [2.45, 2.75) is 0 Å². The van der Waals surface area contributed by atoms with Gasteiger partial charge in [0.25, 0.3) is 5.89 Å². The maximum atomic E-state index is 14.4. The number of nitrogens with one attached hydrogen (secondary N) is 2. The summed E-state index contributed by atoms with van der Waals surface area (Å²) in [6.45, 7) is 0.0441.